The molecule has 0 saturated heterocycles. The molecule has 8 heteroatoms. The van der Waals surface area contributed by atoms with Crippen molar-refractivity contribution in [1.82, 2.24) is 0 Å². The smallest absolute Gasteiger partial charge is 0.337 e. The first kappa shape index (κ1) is 20.1. The number of amides is 3. The molecule has 1 fully saturated rings. The molecule has 0 bridgehead atoms. The summed E-state index contributed by atoms with van der Waals surface area (Å²) in [5, 5.41) is 8.14. The molecule has 0 aliphatic heterocycles. The van der Waals surface area contributed by atoms with Crippen LogP contribution < -0.4 is 16.0 Å². The Hall–Kier alpha value is -3.68. The van der Waals surface area contributed by atoms with Gasteiger partial charge in [0, 0.05) is 24.0 Å². The van der Waals surface area contributed by atoms with Gasteiger partial charge in [-0.05, 0) is 42.8 Å². The first-order valence-electron chi connectivity index (χ1n) is 9.05. The molecule has 1 aliphatic rings. The van der Waals surface area contributed by atoms with Gasteiger partial charge in [-0.25, -0.2) is 4.79 Å². The minimum atomic E-state index is -0.494. The molecule has 0 aromatic heterocycles. The van der Waals surface area contributed by atoms with E-state index in [9.17, 15) is 19.2 Å². The zero-order valence-corrected chi connectivity index (χ0v) is 16.0. The molecule has 2 aromatic carbocycles. The number of esters is 1. The van der Waals surface area contributed by atoms with E-state index in [2.05, 4.69) is 20.7 Å². The highest BCUT2D eigenvalue weighted by molar-refractivity contribution is 6.04. The summed E-state index contributed by atoms with van der Waals surface area (Å²) in [6.07, 6.45) is 0.444. The summed E-state index contributed by atoms with van der Waals surface area (Å²) in [5.41, 5.74) is 1.91. The summed E-state index contributed by atoms with van der Waals surface area (Å²) in [6.45, 7) is 1.40. The standard InChI is InChI=1S/C21H21N3O5/c1-12(25)22-15-7-4-8-16(10-15)24-20(27)18-11-17(18)19(26)23-14-6-3-5-13(9-14)21(28)29-2/h3-10,17-18H,11H2,1-2H3,(H,22,25)(H,23,26)(H,24,27). The molecule has 0 spiro atoms. The average Bonchev–Trinajstić information content (AvgIpc) is 3.48. The summed E-state index contributed by atoms with van der Waals surface area (Å²) >= 11 is 0. The van der Waals surface area contributed by atoms with E-state index in [1.807, 2.05) is 0 Å². The first-order valence-corrected chi connectivity index (χ1v) is 9.05. The number of carbonyl (C=O) groups is 4. The number of ether oxygens (including phenoxy) is 1. The Morgan fingerprint density at radius 1 is 0.828 bits per heavy atom. The summed E-state index contributed by atoms with van der Waals surface area (Å²) in [5.74, 6) is -2.10. The van der Waals surface area contributed by atoms with E-state index in [4.69, 9.17) is 0 Å². The minimum Gasteiger partial charge on any atom is -0.465 e. The molecule has 29 heavy (non-hydrogen) atoms. The number of benzene rings is 2. The van der Waals surface area contributed by atoms with Crippen LogP contribution in [0.4, 0.5) is 17.1 Å². The maximum Gasteiger partial charge on any atom is 0.337 e. The molecule has 2 atom stereocenters. The van der Waals surface area contributed by atoms with Gasteiger partial charge in [0.05, 0.1) is 24.5 Å². The molecule has 8 nitrogen and oxygen atoms in total. The normalized spacial score (nSPS) is 17.0. The third kappa shape index (κ3) is 5.19. The Labute approximate surface area is 167 Å². The van der Waals surface area contributed by atoms with Crippen LogP contribution in [0.1, 0.15) is 23.7 Å². The molecule has 3 rings (SSSR count). The molecule has 3 amide bonds. The largest absolute Gasteiger partial charge is 0.465 e. The van der Waals surface area contributed by atoms with E-state index in [1.54, 1.807) is 42.5 Å². The van der Waals surface area contributed by atoms with Gasteiger partial charge in [0.2, 0.25) is 17.7 Å². The van der Waals surface area contributed by atoms with Crippen molar-refractivity contribution in [3.05, 3.63) is 54.1 Å². The molecule has 1 aliphatic carbocycles. The lowest BCUT2D eigenvalue weighted by Gasteiger charge is -2.08. The third-order valence-corrected chi connectivity index (χ3v) is 4.47. The molecule has 3 N–H and O–H groups in total. The highest BCUT2D eigenvalue weighted by Gasteiger charge is 2.48. The van der Waals surface area contributed by atoms with Crippen LogP contribution in [0.25, 0.3) is 0 Å². The van der Waals surface area contributed by atoms with Gasteiger partial charge in [-0.1, -0.05) is 12.1 Å². The first-order chi connectivity index (χ1) is 13.9. The van der Waals surface area contributed by atoms with Crippen LogP contribution in [0.15, 0.2) is 48.5 Å². The molecule has 0 heterocycles. The predicted molar refractivity (Wildman–Crippen MR) is 107 cm³/mol. The summed E-state index contributed by atoms with van der Waals surface area (Å²) < 4.78 is 4.66. The van der Waals surface area contributed by atoms with Crippen molar-refractivity contribution in [2.75, 3.05) is 23.1 Å². The summed E-state index contributed by atoms with van der Waals surface area (Å²) in [7, 11) is 1.28. The maximum absolute atomic E-state index is 12.4. The van der Waals surface area contributed by atoms with Crippen LogP contribution in [0.5, 0.6) is 0 Å². The van der Waals surface area contributed by atoms with Crippen molar-refractivity contribution < 1.29 is 23.9 Å². The fourth-order valence-corrected chi connectivity index (χ4v) is 2.96. The second-order valence-corrected chi connectivity index (χ2v) is 6.76. The van der Waals surface area contributed by atoms with Gasteiger partial charge in [0.25, 0.3) is 0 Å². The van der Waals surface area contributed by atoms with Crippen LogP contribution in [0.2, 0.25) is 0 Å². The minimum absolute atomic E-state index is 0.205. The van der Waals surface area contributed by atoms with E-state index in [-0.39, 0.29) is 17.7 Å². The van der Waals surface area contributed by atoms with Crippen LogP contribution in [-0.4, -0.2) is 30.8 Å². The highest BCUT2D eigenvalue weighted by Crippen LogP contribution is 2.40. The Kier molecular flexibility index (Phi) is 5.92. The van der Waals surface area contributed by atoms with Crippen LogP contribution in [0, 0.1) is 11.8 Å². The van der Waals surface area contributed by atoms with Gasteiger partial charge in [0.15, 0.2) is 0 Å². The number of hydrogen-bond acceptors (Lipinski definition) is 5. The molecule has 2 aromatic rings. The monoisotopic (exact) mass is 395 g/mol. The quantitative estimate of drug-likeness (QED) is 0.651. The van der Waals surface area contributed by atoms with E-state index < -0.39 is 17.8 Å². The Morgan fingerprint density at radius 2 is 1.34 bits per heavy atom. The number of carbonyl (C=O) groups excluding carboxylic acids is 4. The lowest BCUT2D eigenvalue weighted by atomic mass is 10.2. The zero-order chi connectivity index (χ0) is 21.0. The lowest BCUT2D eigenvalue weighted by molar-refractivity contribution is -0.122. The van der Waals surface area contributed by atoms with Gasteiger partial charge in [-0.3, -0.25) is 14.4 Å². The molecule has 1 saturated carbocycles. The van der Waals surface area contributed by atoms with E-state index >= 15 is 0 Å². The van der Waals surface area contributed by atoms with Crippen molar-refractivity contribution in [2.24, 2.45) is 11.8 Å². The van der Waals surface area contributed by atoms with Crippen LogP contribution in [0.3, 0.4) is 0 Å². The lowest BCUT2D eigenvalue weighted by Crippen LogP contribution is -2.20. The van der Waals surface area contributed by atoms with Crippen molar-refractivity contribution in [2.45, 2.75) is 13.3 Å². The number of methoxy groups -OCH3 is 1. The van der Waals surface area contributed by atoms with Crippen molar-refractivity contribution in [3.63, 3.8) is 0 Å². The summed E-state index contributed by atoms with van der Waals surface area (Å²) in [6, 6.07) is 13.2. The van der Waals surface area contributed by atoms with Crippen LogP contribution in [-0.2, 0) is 19.1 Å². The molecular weight excluding hydrogens is 374 g/mol. The predicted octanol–water partition coefficient (Wildman–Crippen LogP) is 2.64. The Morgan fingerprint density at radius 3 is 1.90 bits per heavy atom. The van der Waals surface area contributed by atoms with Gasteiger partial charge in [-0.2, -0.15) is 0 Å². The fraction of sp³-hybridized carbons (Fsp3) is 0.238. The Balaban J connectivity index is 1.56. The summed E-state index contributed by atoms with van der Waals surface area (Å²) in [4.78, 5) is 47.6. The van der Waals surface area contributed by atoms with Gasteiger partial charge < -0.3 is 20.7 Å². The molecular formula is C21H21N3O5. The maximum atomic E-state index is 12.4. The topological polar surface area (TPSA) is 114 Å². The number of hydrogen-bond donors (Lipinski definition) is 3. The molecule has 2 unspecified atom stereocenters. The average molecular weight is 395 g/mol. The Bertz CT molecular complexity index is 972. The van der Waals surface area contributed by atoms with Gasteiger partial charge in [0.1, 0.15) is 0 Å². The second kappa shape index (κ2) is 8.55. The molecule has 0 radical (unpaired) electrons. The molecule has 150 valence electrons. The second-order valence-electron chi connectivity index (χ2n) is 6.76. The van der Waals surface area contributed by atoms with Crippen molar-refractivity contribution in [3.8, 4) is 0 Å². The zero-order valence-electron chi connectivity index (χ0n) is 16.0. The number of rotatable bonds is 6. The highest BCUT2D eigenvalue weighted by atomic mass is 16.5. The fourth-order valence-electron chi connectivity index (χ4n) is 2.96. The van der Waals surface area contributed by atoms with E-state index in [0.717, 1.165) is 0 Å². The SMILES string of the molecule is COC(=O)c1cccc(NC(=O)C2CC2C(=O)Nc2cccc(NC(C)=O)c2)c1. The number of nitrogens with one attached hydrogen (secondary N) is 3. The number of anilines is 3. The van der Waals surface area contributed by atoms with Gasteiger partial charge in [-0.15, -0.1) is 0 Å². The van der Waals surface area contributed by atoms with Crippen molar-refractivity contribution in [1.29, 1.82) is 0 Å². The van der Waals surface area contributed by atoms with Crippen molar-refractivity contribution >= 4 is 40.8 Å². The van der Waals surface area contributed by atoms with E-state index in [1.165, 1.54) is 20.1 Å². The van der Waals surface area contributed by atoms with E-state index in [0.29, 0.717) is 29.0 Å². The third-order valence-electron chi connectivity index (χ3n) is 4.47. The van der Waals surface area contributed by atoms with Gasteiger partial charge >= 0.3 is 5.97 Å². The van der Waals surface area contributed by atoms with Crippen LogP contribution >= 0.6 is 0 Å².